The van der Waals surface area contributed by atoms with Crippen LogP contribution < -0.4 is 10.6 Å². The van der Waals surface area contributed by atoms with Crippen LogP contribution in [0.4, 0.5) is 5.82 Å². The van der Waals surface area contributed by atoms with E-state index in [0.29, 0.717) is 0 Å². The largest absolute Gasteiger partial charge is 0.316 e. The van der Waals surface area contributed by atoms with Crippen molar-refractivity contribution in [2.24, 2.45) is 5.41 Å². The van der Waals surface area contributed by atoms with E-state index in [1.807, 2.05) is 6.92 Å². The van der Waals surface area contributed by atoms with Crippen molar-refractivity contribution in [2.75, 3.05) is 18.4 Å². The minimum Gasteiger partial charge on any atom is -0.316 e. The van der Waals surface area contributed by atoms with Gasteiger partial charge in [-0.2, -0.15) is 5.10 Å². The molecule has 5 heteroatoms. The van der Waals surface area contributed by atoms with Crippen LogP contribution in [0.1, 0.15) is 38.2 Å². The Hall–Kier alpha value is -1.36. The van der Waals surface area contributed by atoms with Gasteiger partial charge < -0.3 is 10.6 Å². The zero-order valence-corrected chi connectivity index (χ0v) is 11.2. The van der Waals surface area contributed by atoms with Crippen molar-refractivity contribution < 1.29 is 4.79 Å². The van der Waals surface area contributed by atoms with Crippen LogP contribution >= 0.6 is 0 Å². The highest BCUT2D eigenvalue weighted by Gasteiger charge is 2.38. The van der Waals surface area contributed by atoms with Gasteiger partial charge in [0.1, 0.15) is 5.82 Å². The van der Waals surface area contributed by atoms with Gasteiger partial charge in [0.15, 0.2) is 0 Å². The quantitative estimate of drug-likeness (QED) is 0.763. The number of nitrogens with zero attached hydrogens (tertiary/aromatic N) is 1. The zero-order valence-electron chi connectivity index (χ0n) is 11.2. The van der Waals surface area contributed by atoms with Crippen LogP contribution in [-0.4, -0.2) is 29.2 Å². The Morgan fingerprint density at radius 3 is 3.00 bits per heavy atom. The summed E-state index contributed by atoms with van der Waals surface area (Å²) in [6.45, 7) is 5.86. The van der Waals surface area contributed by atoms with Crippen LogP contribution in [-0.2, 0) is 4.79 Å². The predicted octanol–water partition coefficient (Wildman–Crippen LogP) is 1.83. The summed E-state index contributed by atoms with van der Waals surface area (Å²) in [5, 5.41) is 13.1. The molecule has 0 radical (unpaired) electrons. The summed E-state index contributed by atoms with van der Waals surface area (Å²) in [6.07, 6.45) is 5.71. The van der Waals surface area contributed by atoms with Crippen LogP contribution in [0, 0.1) is 12.3 Å². The van der Waals surface area contributed by atoms with E-state index in [1.165, 1.54) is 0 Å². The number of hydrogen-bond donors (Lipinski definition) is 3. The van der Waals surface area contributed by atoms with Gasteiger partial charge in [0.05, 0.1) is 11.6 Å². The normalized spacial score (nSPS) is 23.9. The van der Waals surface area contributed by atoms with E-state index in [-0.39, 0.29) is 11.3 Å². The summed E-state index contributed by atoms with van der Waals surface area (Å²) in [4.78, 5) is 12.5. The highest BCUT2D eigenvalue weighted by atomic mass is 16.2. The van der Waals surface area contributed by atoms with Gasteiger partial charge in [-0.05, 0) is 32.7 Å². The molecule has 0 aliphatic carbocycles. The lowest BCUT2D eigenvalue weighted by Gasteiger charge is -2.36. The second-order valence-electron chi connectivity index (χ2n) is 5.19. The second kappa shape index (κ2) is 5.52. The summed E-state index contributed by atoms with van der Waals surface area (Å²) < 4.78 is 0. The number of anilines is 1. The number of carbonyl (C=O) groups excluding carboxylic acids is 1. The van der Waals surface area contributed by atoms with Gasteiger partial charge >= 0.3 is 0 Å². The van der Waals surface area contributed by atoms with Gasteiger partial charge in [-0.1, -0.05) is 13.3 Å². The van der Waals surface area contributed by atoms with Gasteiger partial charge in [-0.15, -0.1) is 0 Å². The molecule has 1 amide bonds. The topological polar surface area (TPSA) is 69.8 Å². The number of piperidine rings is 1. The molecule has 1 unspecified atom stereocenters. The molecule has 0 bridgehead atoms. The molecule has 2 rings (SSSR count). The molecule has 1 fully saturated rings. The fourth-order valence-corrected chi connectivity index (χ4v) is 2.69. The van der Waals surface area contributed by atoms with Crippen LogP contribution in [0.3, 0.4) is 0 Å². The first kappa shape index (κ1) is 13.1. The fourth-order valence-electron chi connectivity index (χ4n) is 2.69. The molecule has 5 nitrogen and oxygen atoms in total. The fraction of sp³-hybridized carbons (Fsp3) is 0.692. The SMILES string of the molecule is CCCC1(C(=O)Nc2[nH]ncc2C)CCCNC1. The van der Waals surface area contributed by atoms with Crippen LogP contribution in [0.5, 0.6) is 0 Å². The summed E-state index contributed by atoms with van der Waals surface area (Å²) in [5.74, 6) is 0.838. The average Bonchev–Trinajstić information content (AvgIpc) is 2.76. The first-order chi connectivity index (χ1) is 8.68. The van der Waals surface area contributed by atoms with Crippen molar-refractivity contribution in [1.29, 1.82) is 0 Å². The third-order valence-corrected chi connectivity index (χ3v) is 3.75. The van der Waals surface area contributed by atoms with Crippen LogP contribution in [0.15, 0.2) is 6.20 Å². The Labute approximate surface area is 108 Å². The highest BCUT2D eigenvalue weighted by Crippen LogP contribution is 2.33. The van der Waals surface area contributed by atoms with Gasteiger partial charge in [-0.3, -0.25) is 9.89 Å². The molecule has 1 aromatic heterocycles. The van der Waals surface area contributed by atoms with E-state index in [0.717, 1.165) is 50.2 Å². The number of hydrogen-bond acceptors (Lipinski definition) is 3. The number of aryl methyl sites for hydroxylation is 1. The number of H-pyrrole nitrogens is 1. The minimum atomic E-state index is -0.259. The number of aromatic amines is 1. The maximum absolute atomic E-state index is 12.5. The molecule has 100 valence electrons. The standard InChI is InChI=1S/C13H22N4O/c1-3-5-13(6-4-7-14-9-13)12(18)16-11-10(2)8-15-17-11/h8,14H,3-7,9H2,1-2H3,(H2,15,16,17,18). The molecule has 1 atom stereocenters. The zero-order chi connectivity index (χ0) is 13.0. The molecule has 0 spiro atoms. The lowest BCUT2D eigenvalue weighted by atomic mass is 9.76. The maximum Gasteiger partial charge on any atom is 0.233 e. The Morgan fingerprint density at radius 1 is 1.61 bits per heavy atom. The van der Waals surface area contributed by atoms with Crippen molar-refractivity contribution in [3.05, 3.63) is 11.8 Å². The Morgan fingerprint density at radius 2 is 2.44 bits per heavy atom. The van der Waals surface area contributed by atoms with Gasteiger partial charge in [-0.25, -0.2) is 0 Å². The van der Waals surface area contributed by atoms with Crippen molar-refractivity contribution in [1.82, 2.24) is 15.5 Å². The maximum atomic E-state index is 12.5. The molecular formula is C13H22N4O. The van der Waals surface area contributed by atoms with Crippen molar-refractivity contribution in [2.45, 2.75) is 39.5 Å². The number of carbonyl (C=O) groups is 1. The highest BCUT2D eigenvalue weighted by molar-refractivity contribution is 5.95. The molecule has 0 aromatic carbocycles. The molecule has 0 saturated carbocycles. The molecule has 2 heterocycles. The molecule has 1 aromatic rings. The number of rotatable bonds is 4. The van der Waals surface area contributed by atoms with E-state index in [2.05, 4.69) is 27.8 Å². The van der Waals surface area contributed by atoms with Crippen LogP contribution in [0.25, 0.3) is 0 Å². The number of aromatic nitrogens is 2. The lowest BCUT2D eigenvalue weighted by Crippen LogP contribution is -2.48. The van der Waals surface area contributed by atoms with Crippen LogP contribution in [0.2, 0.25) is 0 Å². The molecule has 1 aliphatic rings. The van der Waals surface area contributed by atoms with Crippen molar-refractivity contribution >= 4 is 11.7 Å². The molecule has 1 aliphatic heterocycles. The van der Waals surface area contributed by atoms with Crippen molar-refractivity contribution in [3.63, 3.8) is 0 Å². The minimum absolute atomic E-state index is 0.115. The van der Waals surface area contributed by atoms with Gasteiger partial charge in [0.2, 0.25) is 5.91 Å². The first-order valence-electron chi connectivity index (χ1n) is 6.70. The van der Waals surface area contributed by atoms with E-state index >= 15 is 0 Å². The van der Waals surface area contributed by atoms with Gasteiger partial charge in [0, 0.05) is 12.1 Å². The summed E-state index contributed by atoms with van der Waals surface area (Å²) in [7, 11) is 0. The Balaban J connectivity index is 2.11. The second-order valence-corrected chi connectivity index (χ2v) is 5.19. The van der Waals surface area contributed by atoms with E-state index in [1.54, 1.807) is 6.20 Å². The summed E-state index contributed by atoms with van der Waals surface area (Å²) >= 11 is 0. The Kier molecular flexibility index (Phi) is 4.01. The van der Waals surface area contributed by atoms with Gasteiger partial charge in [0.25, 0.3) is 0 Å². The average molecular weight is 250 g/mol. The lowest BCUT2D eigenvalue weighted by molar-refractivity contribution is -0.127. The van der Waals surface area contributed by atoms with E-state index in [9.17, 15) is 4.79 Å². The number of nitrogens with one attached hydrogen (secondary N) is 3. The molecular weight excluding hydrogens is 228 g/mol. The summed E-state index contributed by atoms with van der Waals surface area (Å²) in [6, 6.07) is 0. The first-order valence-corrected chi connectivity index (χ1v) is 6.70. The molecule has 3 N–H and O–H groups in total. The predicted molar refractivity (Wildman–Crippen MR) is 71.4 cm³/mol. The monoisotopic (exact) mass is 250 g/mol. The smallest absolute Gasteiger partial charge is 0.233 e. The molecule has 1 saturated heterocycles. The Bertz CT molecular complexity index is 401. The summed E-state index contributed by atoms with van der Waals surface area (Å²) in [5.41, 5.74) is 0.712. The van der Waals surface area contributed by atoms with Crippen molar-refractivity contribution in [3.8, 4) is 0 Å². The van der Waals surface area contributed by atoms with E-state index < -0.39 is 0 Å². The number of amides is 1. The third-order valence-electron chi connectivity index (χ3n) is 3.75. The third kappa shape index (κ3) is 2.56. The van der Waals surface area contributed by atoms with E-state index in [4.69, 9.17) is 0 Å². The molecule has 18 heavy (non-hydrogen) atoms.